The van der Waals surface area contributed by atoms with E-state index in [1.54, 1.807) is 69.8 Å². The number of carbonyl (C=O) groups excluding carboxylic acids is 4. The van der Waals surface area contributed by atoms with Gasteiger partial charge in [0.25, 0.3) is 11.8 Å². The lowest BCUT2D eigenvalue weighted by molar-refractivity contribution is -0.140. The maximum absolute atomic E-state index is 15.3. The van der Waals surface area contributed by atoms with Crippen molar-refractivity contribution in [3.63, 3.8) is 0 Å². The van der Waals surface area contributed by atoms with Crippen LogP contribution in [0.25, 0.3) is 16.9 Å². The standard InChI is InChI=1S/C59H89N11O12/c1-10-41-30-42-29-40(4)59(44(31-41)32-42,58(80)61-18-17-60-51(71)35-66-21-23-67(36-52(72)73)25-27-69(38-54(76)77)28-26-68(24-22-66)37-53(74)75)62-56(78)46-34-48(55-49(81-8)13-11-14-50(55)82-9)70(63-46)47-16-15-43(33-45(47)39(2)3)57(79)65(7)20-12-19-64(5)6/h11,13-16,33-34,39-42,44H,10,12,17-32,35-38H2,1-9H3,(H,60,71)(H,61,80)(H,62,78)(H,72,73)(H,74,75)(H,76,77). The Labute approximate surface area is 482 Å². The average molecular weight is 1140 g/mol. The number of hydrogen-bond acceptors (Lipinski definition) is 15. The van der Waals surface area contributed by atoms with Crippen molar-refractivity contribution < 1.29 is 58.4 Å². The zero-order chi connectivity index (χ0) is 59.8. The van der Waals surface area contributed by atoms with Gasteiger partial charge in [0, 0.05) is 84.6 Å². The van der Waals surface area contributed by atoms with E-state index in [0.29, 0.717) is 58.8 Å². The highest BCUT2D eigenvalue weighted by molar-refractivity contribution is 6.00. The summed E-state index contributed by atoms with van der Waals surface area (Å²) in [5.74, 6) is -3.41. The van der Waals surface area contributed by atoms with Gasteiger partial charge in [-0.25, -0.2) is 4.68 Å². The molecule has 0 spiro atoms. The minimum Gasteiger partial charge on any atom is -0.496 e. The molecule has 5 atom stereocenters. The molecular weight excluding hydrogens is 1050 g/mol. The summed E-state index contributed by atoms with van der Waals surface area (Å²) in [6.45, 7) is 10.9. The van der Waals surface area contributed by atoms with Crippen molar-refractivity contribution in [2.45, 2.75) is 77.7 Å². The molecule has 2 saturated carbocycles. The molecule has 6 N–H and O–H groups in total. The van der Waals surface area contributed by atoms with E-state index in [4.69, 9.17) is 14.6 Å². The molecule has 23 heteroatoms. The Morgan fingerprint density at radius 2 is 1.27 bits per heavy atom. The van der Waals surface area contributed by atoms with Crippen LogP contribution in [0.3, 0.4) is 0 Å². The van der Waals surface area contributed by atoms with Gasteiger partial charge in [0.1, 0.15) is 17.0 Å². The molecule has 1 aliphatic heterocycles. The molecule has 4 amide bonds. The van der Waals surface area contributed by atoms with E-state index in [-0.39, 0.29) is 133 Å². The van der Waals surface area contributed by atoms with Crippen LogP contribution in [0.4, 0.5) is 0 Å². The first-order valence-electron chi connectivity index (χ1n) is 28.8. The SMILES string of the molecule is CCC1CC2CC(C)C(NC(=O)c3cc(-c4c(OC)cccc4OC)n(-c4ccc(C(=O)N(C)CCCN(C)C)cc4C(C)C)n3)(C(=O)NCCNC(=O)CN3CCN(CC(=O)O)CCN(CC(=O)O)CCN(CC(=O)O)CC3)C(C1)C2. The number of aliphatic carboxylic acids is 3. The van der Waals surface area contributed by atoms with Crippen LogP contribution in [0.15, 0.2) is 42.5 Å². The predicted octanol–water partition coefficient (Wildman–Crippen LogP) is 3.36. The average Bonchev–Trinajstić information content (AvgIpc) is 1.99. The molecule has 0 radical (unpaired) electrons. The number of nitrogens with zero attached hydrogens (tertiary/aromatic N) is 8. The van der Waals surface area contributed by atoms with E-state index in [1.807, 2.05) is 58.0 Å². The molecule has 23 nitrogen and oxygen atoms in total. The lowest BCUT2D eigenvalue weighted by Crippen LogP contribution is -2.69. The fourth-order valence-electron chi connectivity index (χ4n) is 12.3. The molecule has 2 bridgehead atoms. The van der Waals surface area contributed by atoms with Crippen LogP contribution in [-0.4, -0.2) is 242 Å². The number of amides is 4. The lowest BCUT2D eigenvalue weighted by atomic mass is 9.55. The summed E-state index contributed by atoms with van der Waals surface area (Å²) in [6.07, 6.45) is 5.00. The third-order valence-electron chi connectivity index (χ3n) is 16.6. The Kier molecular flexibility index (Phi) is 23.6. The second-order valence-corrected chi connectivity index (χ2v) is 23.1. The second-order valence-electron chi connectivity index (χ2n) is 23.1. The molecule has 6 rings (SSSR count). The first-order valence-corrected chi connectivity index (χ1v) is 28.8. The molecule has 2 aliphatic carbocycles. The van der Waals surface area contributed by atoms with Gasteiger partial charge in [0.15, 0.2) is 5.69 Å². The van der Waals surface area contributed by atoms with Crippen molar-refractivity contribution in [2.24, 2.45) is 23.7 Å². The van der Waals surface area contributed by atoms with Crippen LogP contribution in [0.2, 0.25) is 0 Å². The van der Waals surface area contributed by atoms with Crippen LogP contribution in [0, 0.1) is 23.7 Å². The summed E-state index contributed by atoms with van der Waals surface area (Å²) < 4.78 is 13.5. The summed E-state index contributed by atoms with van der Waals surface area (Å²) in [5.41, 5.74) is 1.71. The molecule has 5 unspecified atom stereocenters. The Bertz CT molecular complexity index is 2640. The Morgan fingerprint density at radius 3 is 1.78 bits per heavy atom. The molecule has 1 aromatic heterocycles. The molecule has 1 saturated heterocycles. The van der Waals surface area contributed by atoms with Gasteiger partial charge in [0.05, 0.1) is 57.3 Å². The van der Waals surface area contributed by atoms with E-state index >= 15 is 9.59 Å². The third kappa shape index (κ3) is 17.0. The van der Waals surface area contributed by atoms with Crippen molar-refractivity contribution in [3.8, 4) is 28.4 Å². The number of methoxy groups -OCH3 is 2. The maximum atomic E-state index is 15.3. The number of carboxylic acid groups (broad SMARTS) is 3. The van der Waals surface area contributed by atoms with Crippen molar-refractivity contribution >= 4 is 41.5 Å². The van der Waals surface area contributed by atoms with E-state index in [0.717, 1.165) is 44.2 Å². The third-order valence-corrected chi connectivity index (χ3v) is 16.6. The fraction of sp³-hybridized carbons (Fsp3) is 0.627. The zero-order valence-electron chi connectivity index (χ0n) is 49.6. The van der Waals surface area contributed by atoms with Gasteiger partial charge in [-0.05, 0) is 124 Å². The summed E-state index contributed by atoms with van der Waals surface area (Å²) in [5, 5.41) is 43.3. The number of nitrogens with one attached hydrogen (secondary N) is 3. The summed E-state index contributed by atoms with van der Waals surface area (Å²) in [6, 6.07) is 12.6. The van der Waals surface area contributed by atoms with Gasteiger partial charge < -0.3 is 50.5 Å². The van der Waals surface area contributed by atoms with Gasteiger partial charge in [-0.3, -0.25) is 53.2 Å². The number of fused-ring (bicyclic) bond motifs is 2. The first-order chi connectivity index (χ1) is 39.1. The quantitative estimate of drug-likeness (QED) is 0.0664. The topological polar surface area (TPSA) is 272 Å². The molecule has 2 aromatic carbocycles. The lowest BCUT2D eigenvalue weighted by Gasteiger charge is -2.53. The highest BCUT2D eigenvalue weighted by Crippen LogP contribution is 2.51. The highest BCUT2D eigenvalue weighted by Gasteiger charge is 2.56. The monoisotopic (exact) mass is 1140 g/mol. The van der Waals surface area contributed by atoms with Gasteiger partial charge in [-0.15, -0.1) is 0 Å². The highest BCUT2D eigenvalue weighted by atomic mass is 16.5. The molecule has 452 valence electrons. The van der Waals surface area contributed by atoms with E-state index in [1.165, 1.54) is 0 Å². The predicted molar refractivity (Wildman–Crippen MR) is 310 cm³/mol. The molecule has 82 heavy (non-hydrogen) atoms. The number of aromatic nitrogens is 2. The van der Waals surface area contributed by atoms with Gasteiger partial charge >= 0.3 is 17.9 Å². The second kappa shape index (κ2) is 30.1. The number of rotatable bonds is 25. The van der Waals surface area contributed by atoms with Crippen LogP contribution in [0.5, 0.6) is 11.5 Å². The number of hydrogen-bond donors (Lipinski definition) is 6. The summed E-state index contributed by atoms with van der Waals surface area (Å²) >= 11 is 0. The smallest absolute Gasteiger partial charge is 0.317 e. The van der Waals surface area contributed by atoms with Gasteiger partial charge in [0.2, 0.25) is 11.8 Å². The molecule has 3 aliphatic rings. The van der Waals surface area contributed by atoms with Crippen LogP contribution in [-0.2, 0) is 24.0 Å². The van der Waals surface area contributed by atoms with Crippen molar-refractivity contribution in [1.82, 2.24) is 55.1 Å². The van der Waals surface area contributed by atoms with Crippen LogP contribution < -0.4 is 25.4 Å². The molecule has 3 aromatic rings. The van der Waals surface area contributed by atoms with E-state index < -0.39 is 29.4 Å². The normalized spacial score (nSPS) is 21.5. The summed E-state index contributed by atoms with van der Waals surface area (Å²) in [4.78, 5) is 104. The zero-order valence-corrected chi connectivity index (χ0v) is 49.6. The molecule has 2 heterocycles. The maximum Gasteiger partial charge on any atom is 0.317 e. The minimum absolute atomic E-state index is 0.0443. The number of carbonyl (C=O) groups is 7. The van der Waals surface area contributed by atoms with Gasteiger partial charge in [-0.2, -0.15) is 5.10 Å². The van der Waals surface area contributed by atoms with Crippen molar-refractivity contribution in [1.29, 1.82) is 0 Å². The number of benzene rings is 2. The van der Waals surface area contributed by atoms with Crippen LogP contribution >= 0.6 is 0 Å². The first kappa shape index (κ1) is 64.5. The minimum atomic E-state index is -1.35. The number of carboxylic acids is 3. The van der Waals surface area contributed by atoms with E-state index in [2.05, 4.69) is 27.8 Å². The largest absolute Gasteiger partial charge is 0.496 e. The van der Waals surface area contributed by atoms with Crippen molar-refractivity contribution in [3.05, 3.63) is 59.3 Å². The van der Waals surface area contributed by atoms with Crippen LogP contribution in [0.1, 0.15) is 98.5 Å². The fourth-order valence-corrected chi connectivity index (χ4v) is 12.3. The number of ether oxygens (including phenoxy) is 2. The Morgan fingerprint density at radius 1 is 0.720 bits per heavy atom. The molecular formula is C59H89N11O12. The van der Waals surface area contributed by atoms with E-state index in [9.17, 15) is 39.3 Å². The van der Waals surface area contributed by atoms with Crippen molar-refractivity contribution in [2.75, 3.05) is 140 Å². The Hall–Kier alpha value is -6.66. The van der Waals surface area contributed by atoms with Gasteiger partial charge in [-0.1, -0.05) is 40.2 Å². The Balaban J connectivity index is 1.26. The molecule has 3 fully saturated rings. The summed E-state index contributed by atoms with van der Waals surface area (Å²) in [7, 11) is 8.92.